The molecule has 0 atom stereocenters. The van der Waals surface area contributed by atoms with Gasteiger partial charge in [0, 0.05) is 20.7 Å². The van der Waals surface area contributed by atoms with Gasteiger partial charge in [0.15, 0.2) is 5.69 Å². The summed E-state index contributed by atoms with van der Waals surface area (Å²) < 4.78 is 8.87. The summed E-state index contributed by atoms with van der Waals surface area (Å²) >= 11 is 6.84. The van der Waals surface area contributed by atoms with Gasteiger partial charge in [0.2, 0.25) is 0 Å². The van der Waals surface area contributed by atoms with Gasteiger partial charge in [-0.15, -0.1) is 0 Å². The van der Waals surface area contributed by atoms with Gasteiger partial charge in [0.05, 0.1) is 19.9 Å². The van der Waals surface area contributed by atoms with Gasteiger partial charge in [-0.25, -0.2) is 5.43 Å². The molecule has 0 saturated carbocycles. The molecule has 0 aliphatic carbocycles. The van der Waals surface area contributed by atoms with E-state index in [0.29, 0.717) is 18.0 Å². The lowest BCUT2D eigenvalue weighted by molar-refractivity contribution is 0.0949. The van der Waals surface area contributed by atoms with Gasteiger partial charge in [0.1, 0.15) is 5.75 Å². The van der Waals surface area contributed by atoms with Crippen LogP contribution in [0.2, 0.25) is 0 Å². The summed E-state index contributed by atoms with van der Waals surface area (Å²) in [5.74, 6) is 0.280. The molecule has 1 amide bonds. The van der Waals surface area contributed by atoms with Gasteiger partial charge in [0.25, 0.3) is 5.91 Å². The van der Waals surface area contributed by atoms with Gasteiger partial charge in [-0.3, -0.25) is 9.48 Å². The predicted octanol–water partition coefficient (Wildman–Crippen LogP) is 4.23. The summed E-state index contributed by atoms with van der Waals surface area (Å²) in [5.41, 5.74) is 4.60. The molecule has 1 N–H and O–H groups in total. The first-order chi connectivity index (χ1) is 13.0. The zero-order valence-electron chi connectivity index (χ0n) is 14.4. The topological polar surface area (TPSA) is 68.5 Å². The molecule has 138 valence electrons. The number of ether oxygens (including phenoxy) is 1. The van der Waals surface area contributed by atoms with Gasteiger partial charge in [-0.2, -0.15) is 10.2 Å². The highest BCUT2D eigenvalue weighted by Gasteiger charge is 2.09. The Balaban J connectivity index is 1.64. The molecule has 0 unspecified atom stereocenters. The molecule has 0 fully saturated rings. The number of methoxy groups -OCH3 is 1. The minimum absolute atomic E-state index is 0.295. The second kappa shape index (κ2) is 8.96. The lowest BCUT2D eigenvalue weighted by atomic mass is 10.2. The van der Waals surface area contributed by atoms with Crippen molar-refractivity contribution in [2.24, 2.45) is 5.10 Å². The van der Waals surface area contributed by atoms with Crippen molar-refractivity contribution in [1.82, 2.24) is 15.2 Å². The average molecular weight is 492 g/mol. The Kier molecular flexibility index (Phi) is 6.41. The summed E-state index contributed by atoms with van der Waals surface area (Å²) in [6.07, 6.45) is 3.29. The molecule has 8 heteroatoms. The van der Waals surface area contributed by atoms with E-state index >= 15 is 0 Å². The van der Waals surface area contributed by atoms with Gasteiger partial charge < -0.3 is 4.74 Å². The lowest BCUT2D eigenvalue weighted by Gasteiger charge is -2.04. The van der Waals surface area contributed by atoms with Crippen LogP contribution in [0.1, 0.15) is 21.6 Å². The summed E-state index contributed by atoms with van der Waals surface area (Å²) in [7, 11) is 1.58. The van der Waals surface area contributed by atoms with E-state index in [9.17, 15) is 4.79 Å². The van der Waals surface area contributed by atoms with Gasteiger partial charge in [-0.05, 0) is 42.0 Å². The van der Waals surface area contributed by atoms with E-state index in [4.69, 9.17) is 4.74 Å². The Morgan fingerprint density at radius 2 is 2.04 bits per heavy atom. The molecule has 0 saturated heterocycles. The second-order valence-corrected chi connectivity index (χ2v) is 7.45. The quantitative estimate of drug-likeness (QED) is 0.414. The molecule has 0 spiro atoms. The van der Waals surface area contributed by atoms with Crippen molar-refractivity contribution in [3.05, 3.63) is 80.5 Å². The Morgan fingerprint density at radius 1 is 1.22 bits per heavy atom. The maximum absolute atomic E-state index is 12.2. The number of nitrogens with zero attached hydrogens (tertiary/aromatic N) is 3. The zero-order valence-corrected chi connectivity index (χ0v) is 17.6. The van der Waals surface area contributed by atoms with Crippen LogP contribution in [0.25, 0.3) is 0 Å². The van der Waals surface area contributed by atoms with Crippen molar-refractivity contribution in [3.8, 4) is 5.75 Å². The zero-order chi connectivity index (χ0) is 19.2. The number of rotatable bonds is 6. The van der Waals surface area contributed by atoms with Crippen LogP contribution in [-0.2, 0) is 6.54 Å². The summed E-state index contributed by atoms with van der Waals surface area (Å²) in [6.45, 7) is 0.575. The van der Waals surface area contributed by atoms with E-state index in [-0.39, 0.29) is 5.91 Å². The Labute approximate surface area is 173 Å². The van der Waals surface area contributed by atoms with Crippen LogP contribution in [0.15, 0.2) is 68.8 Å². The van der Waals surface area contributed by atoms with Crippen molar-refractivity contribution in [2.45, 2.75) is 6.54 Å². The number of halogens is 2. The number of carbonyl (C=O) groups excluding carboxylic acids is 1. The third-order valence-corrected chi connectivity index (χ3v) is 4.65. The van der Waals surface area contributed by atoms with Crippen molar-refractivity contribution in [3.63, 3.8) is 0 Å². The lowest BCUT2D eigenvalue weighted by Crippen LogP contribution is -2.18. The third-order valence-electron chi connectivity index (χ3n) is 3.67. The van der Waals surface area contributed by atoms with Crippen molar-refractivity contribution < 1.29 is 9.53 Å². The standard InChI is InChI=1S/C19H16Br2N4O2/c1-27-18-6-5-16(21)10-14(18)11-22-23-19(26)17-7-8-25(24-17)12-13-3-2-4-15(20)9-13/h2-11H,12H2,1H3,(H,23,26). The number of hydrogen-bond acceptors (Lipinski definition) is 4. The fourth-order valence-corrected chi connectivity index (χ4v) is 3.24. The summed E-state index contributed by atoms with van der Waals surface area (Å²) in [5, 5.41) is 8.28. The number of hydrogen-bond donors (Lipinski definition) is 1. The van der Waals surface area contributed by atoms with Crippen molar-refractivity contribution >= 4 is 44.0 Å². The molecule has 0 aliphatic heterocycles. The smallest absolute Gasteiger partial charge is 0.291 e. The number of benzene rings is 2. The van der Waals surface area contributed by atoms with Crippen LogP contribution >= 0.6 is 31.9 Å². The molecule has 27 heavy (non-hydrogen) atoms. The minimum Gasteiger partial charge on any atom is -0.496 e. The van der Waals surface area contributed by atoms with Gasteiger partial charge >= 0.3 is 0 Å². The molecule has 6 nitrogen and oxygen atoms in total. The van der Waals surface area contributed by atoms with E-state index in [2.05, 4.69) is 47.5 Å². The van der Waals surface area contributed by atoms with Crippen LogP contribution in [0.5, 0.6) is 5.75 Å². The third kappa shape index (κ3) is 5.27. The average Bonchev–Trinajstić information content (AvgIpc) is 3.10. The molecule has 1 heterocycles. The van der Waals surface area contributed by atoms with E-state index in [1.807, 2.05) is 42.5 Å². The van der Waals surface area contributed by atoms with E-state index in [1.54, 1.807) is 24.1 Å². The summed E-state index contributed by atoms with van der Waals surface area (Å²) in [4.78, 5) is 12.2. The molecule has 0 bridgehead atoms. The number of hydrazone groups is 1. The van der Waals surface area contributed by atoms with E-state index in [0.717, 1.165) is 20.1 Å². The molecule has 2 aromatic carbocycles. The highest BCUT2D eigenvalue weighted by Crippen LogP contribution is 2.21. The van der Waals surface area contributed by atoms with Crippen LogP contribution in [0, 0.1) is 0 Å². The minimum atomic E-state index is -0.381. The number of aromatic nitrogens is 2. The fraction of sp³-hybridized carbons (Fsp3) is 0.105. The van der Waals surface area contributed by atoms with E-state index in [1.165, 1.54) is 6.21 Å². The highest BCUT2D eigenvalue weighted by molar-refractivity contribution is 9.10. The molecule has 3 rings (SSSR count). The Hall–Kier alpha value is -2.45. The highest BCUT2D eigenvalue weighted by atomic mass is 79.9. The number of nitrogens with one attached hydrogen (secondary N) is 1. The van der Waals surface area contributed by atoms with Crippen LogP contribution in [0.4, 0.5) is 0 Å². The fourth-order valence-electron chi connectivity index (χ4n) is 2.42. The first kappa shape index (κ1) is 19.3. The maximum Gasteiger partial charge on any atom is 0.291 e. The van der Waals surface area contributed by atoms with E-state index < -0.39 is 0 Å². The predicted molar refractivity (Wildman–Crippen MR) is 111 cm³/mol. The van der Waals surface area contributed by atoms with Crippen molar-refractivity contribution in [2.75, 3.05) is 7.11 Å². The van der Waals surface area contributed by atoms with Crippen LogP contribution in [0.3, 0.4) is 0 Å². The molecular weight excluding hydrogens is 476 g/mol. The second-order valence-electron chi connectivity index (χ2n) is 5.61. The number of amides is 1. The Morgan fingerprint density at radius 3 is 2.81 bits per heavy atom. The first-order valence-electron chi connectivity index (χ1n) is 8.00. The first-order valence-corrected chi connectivity index (χ1v) is 9.58. The van der Waals surface area contributed by atoms with Crippen molar-refractivity contribution in [1.29, 1.82) is 0 Å². The van der Waals surface area contributed by atoms with Crippen LogP contribution < -0.4 is 10.2 Å². The van der Waals surface area contributed by atoms with Crippen LogP contribution in [-0.4, -0.2) is 29.0 Å². The maximum atomic E-state index is 12.2. The Bertz CT molecular complexity index is 985. The molecule has 3 aromatic rings. The SMILES string of the molecule is COc1ccc(Br)cc1C=NNC(=O)c1ccn(Cc2cccc(Br)c2)n1. The molecule has 1 aromatic heterocycles. The van der Waals surface area contributed by atoms with Gasteiger partial charge in [-0.1, -0.05) is 44.0 Å². The summed E-state index contributed by atoms with van der Waals surface area (Å²) in [6, 6.07) is 15.1. The monoisotopic (exact) mass is 490 g/mol. The molecule has 0 aliphatic rings. The number of carbonyl (C=O) groups is 1. The normalized spacial score (nSPS) is 10.9. The largest absolute Gasteiger partial charge is 0.496 e. The molecule has 0 radical (unpaired) electrons. The molecular formula is C19H16Br2N4O2.